The topological polar surface area (TPSA) is 85.3 Å². The summed E-state index contributed by atoms with van der Waals surface area (Å²) in [6, 6.07) is 6.10. The summed E-state index contributed by atoms with van der Waals surface area (Å²) in [4.78, 5) is 20.9. The summed E-state index contributed by atoms with van der Waals surface area (Å²) in [5, 5.41) is 17.8. The number of nitrogens with one attached hydrogen (secondary N) is 1. The number of aliphatic hydroxyl groups is 1. The van der Waals surface area contributed by atoms with Gasteiger partial charge in [-0.25, -0.2) is 0 Å². The van der Waals surface area contributed by atoms with Gasteiger partial charge in [-0.2, -0.15) is 5.10 Å². The zero-order valence-electron chi connectivity index (χ0n) is 15.7. The molecule has 2 aromatic rings. The molecule has 2 atom stereocenters. The Morgan fingerprint density at radius 3 is 2.81 bits per heavy atom. The molecule has 2 aliphatic heterocycles. The minimum atomic E-state index is -0.308. The van der Waals surface area contributed by atoms with Gasteiger partial charge in [-0.05, 0) is 44.4 Å². The second-order valence-corrected chi connectivity index (χ2v) is 7.79. The van der Waals surface area contributed by atoms with Crippen LogP contribution >= 0.6 is 0 Å². The average Bonchev–Trinajstić information content (AvgIpc) is 3.28. The number of hydrogen-bond acceptors (Lipinski definition) is 5. The van der Waals surface area contributed by atoms with Crippen molar-refractivity contribution in [1.82, 2.24) is 25.0 Å². The van der Waals surface area contributed by atoms with E-state index in [1.807, 2.05) is 17.9 Å². The lowest BCUT2D eigenvalue weighted by atomic mass is 9.99. The molecule has 1 amide bonds. The first kappa shape index (κ1) is 18.1. The number of pyridine rings is 1. The van der Waals surface area contributed by atoms with E-state index in [2.05, 4.69) is 26.1 Å². The number of aliphatic hydroxyl groups excluding tert-OH is 1. The highest BCUT2D eigenvalue weighted by Gasteiger charge is 2.37. The summed E-state index contributed by atoms with van der Waals surface area (Å²) in [7, 11) is 0. The molecule has 0 saturated carbocycles. The first-order chi connectivity index (χ1) is 13.1. The van der Waals surface area contributed by atoms with Crippen LogP contribution in [0, 0.1) is 12.8 Å². The number of carbonyl (C=O) groups excluding carboxylic acids is 1. The number of H-pyrrole nitrogens is 1. The van der Waals surface area contributed by atoms with Crippen molar-refractivity contribution in [2.24, 2.45) is 5.92 Å². The summed E-state index contributed by atoms with van der Waals surface area (Å²) in [5.41, 5.74) is 2.73. The zero-order valence-corrected chi connectivity index (χ0v) is 15.7. The number of amides is 1. The number of rotatable bonds is 4. The van der Waals surface area contributed by atoms with E-state index >= 15 is 0 Å². The minimum absolute atomic E-state index is 0.0646. The van der Waals surface area contributed by atoms with E-state index in [0.717, 1.165) is 56.8 Å². The fraction of sp³-hybridized carbons (Fsp3) is 0.550. The first-order valence-electron chi connectivity index (χ1n) is 9.72. The van der Waals surface area contributed by atoms with E-state index in [4.69, 9.17) is 0 Å². The number of aromatic nitrogens is 3. The summed E-state index contributed by atoms with van der Waals surface area (Å²) in [6.45, 7) is 5.13. The smallest absolute Gasteiger partial charge is 0.255 e. The number of likely N-dealkylation sites (tertiary alicyclic amines) is 2. The van der Waals surface area contributed by atoms with Crippen LogP contribution in [0.3, 0.4) is 0 Å². The van der Waals surface area contributed by atoms with Crippen LogP contribution in [0.1, 0.15) is 34.6 Å². The molecule has 27 heavy (non-hydrogen) atoms. The van der Waals surface area contributed by atoms with Gasteiger partial charge in [0.15, 0.2) is 0 Å². The highest BCUT2D eigenvalue weighted by molar-refractivity contribution is 5.93. The zero-order chi connectivity index (χ0) is 18.8. The summed E-state index contributed by atoms with van der Waals surface area (Å²) in [5.74, 6) is 0.289. The summed E-state index contributed by atoms with van der Waals surface area (Å²) < 4.78 is 0. The lowest BCUT2D eigenvalue weighted by Gasteiger charge is -2.36. The molecule has 2 aliphatic rings. The van der Waals surface area contributed by atoms with Crippen LogP contribution in [0.5, 0.6) is 0 Å². The van der Waals surface area contributed by atoms with Crippen LogP contribution in [0.2, 0.25) is 0 Å². The molecule has 2 N–H and O–H groups in total. The monoisotopic (exact) mass is 369 g/mol. The normalized spacial score (nSPS) is 24.4. The number of β-amino-alcohol motifs (C(OH)–C–C–N with tert-alkyl or cyclic N) is 1. The molecule has 0 bridgehead atoms. The fourth-order valence-electron chi connectivity index (χ4n) is 4.34. The molecule has 0 aliphatic carbocycles. The van der Waals surface area contributed by atoms with Crippen LogP contribution in [-0.2, 0) is 6.42 Å². The fourth-order valence-corrected chi connectivity index (χ4v) is 4.34. The van der Waals surface area contributed by atoms with Crippen molar-refractivity contribution in [2.45, 2.75) is 38.3 Å². The van der Waals surface area contributed by atoms with E-state index in [-0.39, 0.29) is 17.9 Å². The highest BCUT2D eigenvalue weighted by Crippen LogP contribution is 2.27. The molecule has 0 aromatic carbocycles. The third-order valence-corrected chi connectivity index (χ3v) is 5.84. The Morgan fingerprint density at radius 2 is 2.15 bits per heavy atom. The Kier molecular flexibility index (Phi) is 5.22. The standard InChI is InChI=1S/C20H27N5O2/c1-14-9-17(23-22-14)10-16-12-25(13-19(16)26)18-4-7-24(8-5-18)20(27)15-3-2-6-21-11-15/h2-3,6,9,11,16,18-19,26H,4-5,7-8,10,12-13H2,1H3,(H,22,23)/t16-,19-/m1/s1. The van der Waals surface area contributed by atoms with E-state index in [9.17, 15) is 9.90 Å². The van der Waals surface area contributed by atoms with Crippen LogP contribution in [-0.4, -0.2) is 74.3 Å². The predicted molar refractivity (Wildman–Crippen MR) is 101 cm³/mol. The number of nitrogens with zero attached hydrogens (tertiary/aromatic N) is 4. The van der Waals surface area contributed by atoms with E-state index < -0.39 is 0 Å². The third kappa shape index (κ3) is 4.04. The van der Waals surface area contributed by atoms with Gasteiger partial charge in [0.2, 0.25) is 0 Å². The molecule has 2 saturated heterocycles. The Morgan fingerprint density at radius 1 is 1.33 bits per heavy atom. The Bertz CT molecular complexity index is 770. The third-order valence-electron chi connectivity index (χ3n) is 5.84. The molecule has 4 heterocycles. The van der Waals surface area contributed by atoms with Crippen molar-refractivity contribution < 1.29 is 9.90 Å². The van der Waals surface area contributed by atoms with Crippen molar-refractivity contribution in [3.8, 4) is 0 Å². The first-order valence-corrected chi connectivity index (χ1v) is 9.72. The van der Waals surface area contributed by atoms with Crippen molar-refractivity contribution in [3.05, 3.63) is 47.5 Å². The molecule has 0 spiro atoms. The molecule has 144 valence electrons. The molecule has 0 radical (unpaired) electrons. The Hall–Kier alpha value is -2.25. The number of aromatic amines is 1. The lowest BCUT2D eigenvalue weighted by molar-refractivity contribution is 0.0627. The summed E-state index contributed by atoms with van der Waals surface area (Å²) in [6.07, 6.45) is 5.71. The molecular weight excluding hydrogens is 342 g/mol. The van der Waals surface area contributed by atoms with Crippen LogP contribution in [0.4, 0.5) is 0 Å². The van der Waals surface area contributed by atoms with Gasteiger partial charge in [0.25, 0.3) is 5.91 Å². The van der Waals surface area contributed by atoms with Crippen molar-refractivity contribution in [3.63, 3.8) is 0 Å². The molecule has 0 unspecified atom stereocenters. The highest BCUT2D eigenvalue weighted by atomic mass is 16.3. The van der Waals surface area contributed by atoms with Crippen LogP contribution in [0.15, 0.2) is 30.6 Å². The van der Waals surface area contributed by atoms with E-state index in [0.29, 0.717) is 11.6 Å². The maximum atomic E-state index is 12.6. The van der Waals surface area contributed by atoms with Gasteiger partial charge in [-0.1, -0.05) is 0 Å². The van der Waals surface area contributed by atoms with Crippen LogP contribution < -0.4 is 0 Å². The van der Waals surface area contributed by atoms with Gasteiger partial charge in [-0.3, -0.25) is 19.8 Å². The maximum Gasteiger partial charge on any atom is 0.255 e. The van der Waals surface area contributed by atoms with Crippen molar-refractivity contribution >= 4 is 5.91 Å². The van der Waals surface area contributed by atoms with Gasteiger partial charge in [0, 0.05) is 56.2 Å². The van der Waals surface area contributed by atoms with Gasteiger partial charge in [0.05, 0.1) is 17.4 Å². The van der Waals surface area contributed by atoms with Crippen molar-refractivity contribution in [2.75, 3.05) is 26.2 Å². The van der Waals surface area contributed by atoms with Gasteiger partial charge in [0.1, 0.15) is 0 Å². The van der Waals surface area contributed by atoms with E-state index in [1.165, 1.54) is 0 Å². The molecular formula is C20H27N5O2. The maximum absolute atomic E-state index is 12.6. The van der Waals surface area contributed by atoms with E-state index in [1.54, 1.807) is 18.5 Å². The minimum Gasteiger partial charge on any atom is -0.391 e. The largest absolute Gasteiger partial charge is 0.391 e. The average molecular weight is 369 g/mol. The second kappa shape index (κ2) is 7.78. The van der Waals surface area contributed by atoms with Crippen molar-refractivity contribution in [1.29, 1.82) is 0 Å². The lowest BCUT2D eigenvalue weighted by Crippen LogP contribution is -2.46. The van der Waals surface area contributed by atoms with Gasteiger partial charge >= 0.3 is 0 Å². The predicted octanol–water partition coefficient (Wildman–Crippen LogP) is 1.25. The molecule has 7 heteroatoms. The van der Waals surface area contributed by atoms with Crippen LogP contribution in [0.25, 0.3) is 0 Å². The van der Waals surface area contributed by atoms with Gasteiger partial charge in [-0.15, -0.1) is 0 Å². The summed E-state index contributed by atoms with van der Waals surface area (Å²) >= 11 is 0. The Balaban J connectivity index is 1.30. The molecule has 4 rings (SSSR count). The number of carbonyl (C=O) groups is 1. The van der Waals surface area contributed by atoms with Gasteiger partial charge < -0.3 is 10.0 Å². The number of aryl methyl sites for hydroxylation is 1. The quantitative estimate of drug-likeness (QED) is 0.847. The second-order valence-electron chi connectivity index (χ2n) is 7.79. The number of piperidine rings is 1. The number of hydrogen-bond donors (Lipinski definition) is 2. The SMILES string of the molecule is Cc1cc(C[C@@H]2CN(C3CCN(C(=O)c4cccnc4)CC3)C[C@H]2O)n[nH]1. The Labute approximate surface area is 159 Å². The molecule has 2 aromatic heterocycles. The molecule has 2 fully saturated rings. The molecule has 7 nitrogen and oxygen atoms in total.